The molecule has 1 unspecified atom stereocenters. The minimum absolute atomic E-state index is 0.0376. The standard InChI is InChI=1S/C11H23N3O/c1-9(2)14(11(15)12-3)8-10-5-4-6-13-7-10/h9-10,13H,4-8H2,1-3H3,(H,12,15). The van der Waals surface area contributed by atoms with Crippen molar-refractivity contribution in [2.45, 2.75) is 32.7 Å². The Balaban J connectivity index is 2.46. The molecule has 1 aliphatic heterocycles. The third-order valence-corrected chi connectivity index (χ3v) is 2.95. The Morgan fingerprint density at radius 1 is 1.60 bits per heavy atom. The van der Waals surface area contributed by atoms with Crippen LogP contribution in [0.25, 0.3) is 0 Å². The molecular formula is C11H23N3O. The van der Waals surface area contributed by atoms with Crippen LogP contribution in [0.1, 0.15) is 26.7 Å². The SMILES string of the molecule is CNC(=O)N(CC1CCCNC1)C(C)C. The van der Waals surface area contributed by atoms with Crippen LogP contribution in [0.4, 0.5) is 4.79 Å². The Bertz CT molecular complexity index is 200. The molecular weight excluding hydrogens is 190 g/mol. The van der Waals surface area contributed by atoms with E-state index in [1.54, 1.807) is 7.05 Å². The second-order valence-electron chi connectivity index (χ2n) is 4.51. The van der Waals surface area contributed by atoms with Gasteiger partial charge in [-0.2, -0.15) is 0 Å². The molecule has 0 aromatic rings. The van der Waals surface area contributed by atoms with Gasteiger partial charge in [-0.05, 0) is 45.7 Å². The summed E-state index contributed by atoms with van der Waals surface area (Å²) >= 11 is 0. The molecule has 4 nitrogen and oxygen atoms in total. The van der Waals surface area contributed by atoms with Gasteiger partial charge in [-0.25, -0.2) is 4.79 Å². The Morgan fingerprint density at radius 2 is 2.33 bits per heavy atom. The van der Waals surface area contributed by atoms with Crippen LogP contribution >= 0.6 is 0 Å². The zero-order chi connectivity index (χ0) is 11.3. The van der Waals surface area contributed by atoms with Gasteiger partial charge in [0.25, 0.3) is 0 Å². The van der Waals surface area contributed by atoms with Crippen LogP contribution in [0.15, 0.2) is 0 Å². The minimum Gasteiger partial charge on any atom is -0.341 e. The fraction of sp³-hybridized carbons (Fsp3) is 0.909. The number of piperidine rings is 1. The van der Waals surface area contributed by atoms with E-state index in [4.69, 9.17) is 0 Å². The molecule has 1 rings (SSSR count). The van der Waals surface area contributed by atoms with Gasteiger partial charge in [0.2, 0.25) is 0 Å². The molecule has 15 heavy (non-hydrogen) atoms. The first-order chi connectivity index (χ1) is 7.15. The summed E-state index contributed by atoms with van der Waals surface area (Å²) in [7, 11) is 1.69. The highest BCUT2D eigenvalue weighted by Crippen LogP contribution is 2.13. The average Bonchev–Trinajstić information content (AvgIpc) is 2.26. The lowest BCUT2D eigenvalue weighted by molar-refractivity contribution is 0.166. The van der Waals surface area contributed by atoms with Gasteiger partial charge < -0.3 is 15.5 Å². The lowest BCUT2D eigenvalue weighted by atomic mass is 9.99. The quantitative estimate of drug-likeness (QED) is 0.735. The van der Waals surface area contributed by atoms with Crippen LogP contribution in [0.3, 0.4) is 0 Å². The van der Waals surface area contributed by atoms with Crippen LogP contribution in [0.5, 0.6) is 0 Å². The topological polar surface area (TPSA) is 44.4 Å². The first kappa shape index (κ1) is 12.3. The summed E-state index contributed by atoms with van der Waals surface area (Å²) in [6, 6.07) is 0.308. The van der Waals surface area contributed by atoms with Gasteiger partial charge in [0.1, 0.15) is 0 Å². The molecule has 0 spiro atoms. The van der Waals surface area contributed by atoms with E-state index in [9.17, 15) is 4.79 Å². The predicted octanol–water partition coefficient (Wildman–Crippen LogP) is 1.04. The number of carbonyl (C=O) groups excluding carboxylic acids is 1. The average molecular weight is 213 g/mol. The van der Waals surface area contributed by atoms with E-state index in [0.29, 0.717) is 5.92 Å². The highest BCUT2D eigenvalue weighted by atomic mass is 16.2. The van der Waals surface area contributed by atoms with Crippen molar-refractivity contribution in [1.82, 2.24) is 15.5 Å². The van der Waals surface area contributed by atoms with Crippen molar-refractivity contribution < 1.29 is 4.79 Å². The molecule has 1 heterocycles. The lowest BCUT2D eigenvalue weighted by Gasteiger charge is -2.32. The third kappa shape index (κ3) is 3.70. The third-order valence-electron chi connectivity index (χ3n) is 2.95. The summed E-state index contributed by atoms with van der Waals surface area (Å²) in [6.45, 7) is 7.15. The van der Waals surface area contributed by atoms with Crippen molar-refractivity contribution >= 4 is 6.03 Å². The molecule has 2 amide bonds. The molecule has 0 radical (unpaired) electrons. The maximum atomic E-state index is 11.6. The van der Waals surface area contributed by atoms with Gasteiger partial charge in [0, 0.05) is 19.6 Å². The second-order valence-corrected chi connectivity index (χ2v) is 4.51. The molecule has 88 valence electrons. The first-order valence-corrected chi connectivity index (χ1v) is 5.84. The molecule has 0 aromatic carbocycles. The summed E-state index contributed by atoms with van der Waals surface area (Å²) in [5.74, 6) is 0.610. The maximum Gasteiger partial charge on any atom is 0.317 e. The van der Waals surface area contributed by atoms with Gasteiger partial charge in [0.05, 0.1) is 0 Å². The van der Waals surface area contributed by atoms with Gasteiger partial charge in [-0.15, -0.1) is 0 Å². The van der Waals surface area contributed by atoms with Crippen LogP contribution in [-0.2, 0) is 0 Å². The van der Waals surface area contributed by atoms with Gasteiger partial charge in [0.15, 0.2) is 0 Å². The lowest BCUT2D eigenvalue weighted by Crippen LogP contribution is -2.47. The van der Waals surface area contributed by atoms with E-state index >= 15 is 0 Å². The predicted molar refractivity (Wildman–Crippen MR) is 61.9 cm³/mol. The number of amides is 2. The number of hydrogen-bond acceptors (Lipinski definition) is 2. The summed E-state index contributed by atoms with van der Waals surface area (Å²) in [6.07, 6.45) is 2.46. The van der Waals surface area contributed by atoms with Gasteiger partial charge in [-0.1, -0.05) is 0 Å². The van der Waals surface area contributed by atoms with Crippen molar-refractivity contribution in [3.05, 3.63) is 0 Å². The highest BCUT2D eigenvalue weighted by Gasteiger charge is 2.21. The van der Waals surface area contributed by atoms with E-state index in [-0.39, 0.29) is 12.1 Å². The van der Waals surface area contributed by atoms with Crippen molar-refractivity contribution in [3.63, 3.8) is 0 Å². The van der Waals surface area contributed by atoms with E-state index < -0.39 is 0 Å². The fourth-order valence-electron chi connectivity index (χ4n) is 2.03. The summed E-state index contributed by atoms with van der Waals surface area (Å²) < 4.78 is 0. The Hall–Kier alpha value is -0.770. The molecule has 0 saturated carbocycles. The molecule has 0 aromatic heterocycles. The summed E-state index contributed by atoms with van der Waals surface area (Å²) in [5, 5.41) is 6.08. The van der Waals surface area contributed by atoms with E-state index in [2.05, 4.69) is 24.5 Å². The molecule has 0 aliphatic carbocycles. The van der Waals surface area contributed by atoms with E-state index in [1.807, 2.05) is 4.90 Å². The largest absolute Gasteiger partial charge is 0.341 e. The molecule has 1 fully saturated rings. The molecule has 1 atom stereocenters. The fourth-order valence-corrected chi connectivity index (χ4v) is 2.03. The first-order valence-electron chi connectivity index (χ1n) is 5.84. The highest BCUT2D eigenvalue weighted by molar-refractivity contribution is 5.74. The molecule has 0 bridgehead atoms. The van der Waals surface area contributed by atoms with E-state index in [1.165, 1.54) is 12.8 Å². The number of nitrogens with zero attached hydrogens (tertiary/aromatic N) is 1. The van der Waals surface area contributed by atoms with Crippen molar-refractivity contribution in [3.8, 4) is 0 Å². The van der Waals surface area contributed by atoms with Crippen LogP contribution < -0.4 is 10.6 Å². The Morgan fingerprint density at radius 3 is 2.80 bits per heavy atom. The normalized spacial score (nSPS) is 21.5. The Labute approximate surface area is 92.4 Å². The van der Waals surface area contributed by atoms with Crippen molar-refractivity contribution in [2.24, 2.45) is 5.92 Å². The number of hydrogen-bond donors (Lipinski definition) is 2. The van der Waals surface area contributed by atoms with Crippen LogP contribution in [0.2, 0.25) is 0 Å². The van der Waals surface area contributed by atoms with Crippen LogP contribution in [0, 0.1) is 5.92 Å². The number of urea groups is 1. The molecule has 1 saturated heterocycles. The van der Waals surface area contributed by atoms with Gasteiger partial charge in [-0.3, -0.25) is 0 Å². The summed E-state index contributed by atoms with van der Waals surface area (Å²) in [5.41, 5.74) is 0. The van der Waals surface area contributed by atoms with Crippen molar-refractivity contribution in [2.75, 3.05) is 26.7 Å². The zero-order valence-corrected chi connectivity index (χ0v) is 10.0. The smallest absolute Gasteiger partial charge is 0.317 e. The monoisotopic (exact) mass is 213 g/mol. The maximum absolute atomic E-state index is 11.6. The number of rotatable bonds is 3. The molecule has 2 N–H and O–H groups in total. The molecule has 4 heteroatoms. The van der Waals surface area contributed by atoms with E-state index in [0.717, 1.165) is 19.6 Å². The number of carbonyl (C=O) groups is 1. The van der Waals surface area contributed by atoms with Crippen LogP contribution in [-0.4, -0.2) is 43.7 Å². The zero-order valence-electron chi connectivity index (χ0n) is 10.0. The van der Waals surface area contributed by atoms with Crippen molar-refractivity contribution in [1.29, 1.82) is 0 Å². The minimum atomic E-state index is 0.0376. The Kier molecular flexibility index (Phi) is 4.88. The summed E-state index contributed by atoms with van der Waals surface area (Å²) in [4.78, 5) is 13.5. The number of nitrogens with one attached hydrogen (secondary N) is 2. The second kappa shape index (κ2) is 5.95. The van der Waals surface area contributed by atoms with Gasteiger partial charge >= 0.3 is 6.03 Å². The molecule has 1 aliphatic rings.